The van der Waals surface area contributed by atoms with Gasteiger partial charge in [0.25, 0.3) is 5.91 Å². The molecule has 0 saturated carbocycles. The van der Waals surface area contributed by atoms with E-state index in [0.29, 0.717) is 31.4 Å². The van der Waals surface area contributed by atoms with Crippen LogP contribution in [0, 0.1) is 6.92 Å². The fourth-order valence-electron chi connectivity index (χ4n) is 3.18. The Hall–Kier alpha value is -3.01. The zero-order chi connectivity index (χ0) is 24.7. The zero-order valence-electron chi connectivity index (χ0n) is 21.0. The molecule has 0 aliphatic heterocycles. The third-order valence-corrected chi connectivity index (χ3v) is 5.04. The first-order chi connectivity index (χ1) is 16.6. The van der Waals surface area contributed by atoms with Gasteiger partial charge in [0.15, 0.2) is 0 Å². The van der Waals surface area contributed by atoms with Crippen LogP contribution in [0.3, 0.4) is 0 Å². The molecule has 1 aromatic rings. The van der Waals surface area contributed by atoms with Gasteiger partial charge in [-0.3, -0.25) is 14.6 Å². The second kappa shape index (κ2) is 20.6. The third kappa shape index (κ3) is 16.6. The van der Waals surface area contributed by atoms with Crippen molar-refractivity contribution in [1.29, 1.82) is 0 Å². The summed E-state index contributed by atoms with van der Waals surface area (Å²) >= 11 is 0. The molecule has 1 heterocycles. The molecule has 0 aliphatic rings. The smallest absolute Gasteiger partial charge is 0.252 e. The van der Waals surface area contributed by atoms with Crippen LogP contribution in [-0.2, 0) is 4.79 Å². The molecule has 1 N–H and O–H groups in total. The topological polar surface area (TPSA) is 59.1 Å². The van der Waals surface area contributed by atoms with Gasteiger partial charge in [-0.2, -0.15) is 0 Å². The van der Waals surface area contributed by atoms with Gasteiger partial charge in [0, 0.05) is 31.8 Å². The summed E-state index contributed by atoms with van der Waals surface area (Å²) in [5, 5.41) is 2.85. The van der Waals surface area contributed by atoms with Crippen LogP contribution < -0.4 is 5.32 Å². The average Bonchev–Trinajstić information content (AvgIpc) is 2.83. The van der Waals surface area contributed by atoms with Crippen LogP contribution in [0.25, 0.3) is 0 Å². The van der Waals surface area contributed by atoms with E-state index < -0.39 is 0 Å². The average molecular weight is 463 g/mol. The molecular weight excluding hydrogens is 420 g/mol. The van der Waals surface area contributed by atoms with Crippen LogP contribution in [0.2, 0.25) is 0 Å². The number of nitrogens with one attached hydrogen (secondary N) is 1. The maximum absolute atomic E-state index is 12.0. The number of allylic oxidation sites excluding steroid dienone is 10. The van der Waals surface area contributed by atoms with Crippen LogP contribution in [0.1, 0.15) is 87.1 Å². The van der Waals surface area contributed by atoms with Gasteiger partial charge in [-0.25, -0.2) is 0 Å². The van der Waals surface area contributed by atoms with Gasteiger partial charge in [0.05, 0.1) is 5.56 Å². The van der Waals surface area contributed by atoms with Gasteiger partial charge in [0.1, 0.15) is 5.78 Å². The molecule has 0 fully saturated rings. The fraction of sp³-hybridized carbons (Fsp3) is 0.433. The van der Waals surface area contributed by atoms with E-state index in [4.69, 9.17) is 0 Å². The molecular formula is C30H42N2O2. The number of hydrogen-bond acceptors (Lipinski definition) is 3. The molecule has 4 nitrogen and oxygen atoms in total. The normalized spacial score (nSPS) is 12.2. The number of amides is 1. The minimum absolute atomic E-state index is 0.137. The van der Waals surface area contributed by atoms with E-state index >= 15 is 0 Å². The number of rotatable bonds is 18. The lowest BCUT2D eigenvalue weighted by Crippen LogP contribution is -2.25. The number of carbonyl (C=O) groups is 2. The quantitative estimate of drug-likeness (QED) is 0.183. The van der Waals surface area contributed by atoms with Crippen molar-refractivity contribution in [3.63, 3.8) is 0 Å². The molecule has 1 rings (SSSR count). The summed E-state index contributed by atoms with van der Waals surface area (Å²) in [7, 11) is 0. The van der Waals surface area contributed by atoms with Crippen molar-refractivity contribution in [3.05, 3.63) is 90.3 Å². The Morgan fingerprint density at radius 3 is 1.94 bits per heavy atom. The molecule has 0 unspecified atom stereocenters. The van der Waals surface area contributed by atoms with Crippen LogP contribution >= 0.6 is 0 Å². The van der Waals surface area contributed by atoms with Crippen molar-refractivity contribution in [1.82, 2.24) is 10.3 Å². The van der Waals surface area contributed by atoms with E-state index in [9.17, 15) is 9.59 Å². The van der Waals surface area contributed by atoms with Gasteiger partial charge < -0.3 is 5.32 Å². The number of unbranched alkanes of at least 4 members (excludes halogenated alkanes) is 1. The maximum Gasteiger partial charge on any atom is 0.252 e. The molecule has 0 spiro atoms. The largest absolute Gasteiger partial charge is 0.352 e. The summed E-state index contributed by atoms with van der Waals surface area (Å²) in [4.78, 5) is 28.0. The van der Waals surface area contributed by atoms with Crippen LogP contribution in [0.5, 0.6) is 0 Å². The standard InChI is InChI=1S/C30H42N2O2/c1-3-4-5-6-7-8-9-10-11-12-13-14-15-16-17-18-19-21-29(33)22-20-23-32-30(34)28-24-27(2)25-31-26-28/h4-5,7-8,10-11,13-14,16-17,24-26H,3,6,9,12,15,18-23H2,1-2H3,(H,32,34)/b5-4-,8-7-,11-10-,14-13-,17-16-. The monoisotopic (exact) mass is 462 g/mol. The van der Waals surface area contributed by atoms with Crippen molar-refractivity contribution < 1.29 is 9.59 Å². The van der Waals surface area contributed by atoms with E-state index in [1.807, 2.05) is 13.0 Å². The molecule has 1 aromatic heterocycles. The number of aromatic nitrogens is 1. The third-order valence-electron chi connectivity index (χ3n) is 5.04. The minimum Gasteiger partial charge on any atom is -0.352 e. The molecule has 0 radical (unpaired) electrons. The Morgan fingerprint density at radius 1 is 0.794 bits per heavy atom. The first-order valence-corrected chi connectivity index (χ1v) is 12.6. The predicted octanol–water partition coefficient (Wildman–Crippen LogP) is 7.39. The highest BCUT2D eigenvalue weighted by atomic mass is 16.1. The predicted molar refractivity (Wildman–Crippen MR) is 144 cm³/mol. The summed E-state index contributed by atoms with van der Waals surface area (Å²) in [5.41, 5.74) is 1.51. The molecule has 184 valence electrons. The van der Waals surface area contributed by atoms with Gasteiger partial charge in [-0.15, -0.1) is 0 Å². The van der Waals surface area contributed by atoms with E-state index in [2.05, 4.69) is 78.0 Å². The van der Waals surface area contributed by atoms with Crippen LogP contribution in [-0.4, -0.2) is 23.2 Å². The summed E-state index contributed by atoms with van der Waals surface area (Å²) in [6.45, 7) is 4.56. The van der Waals surface area contributed by atoms with Crippen molar-refractivity contribution in [2.24, 2.45) is 0 Å². The molecule has 0 aliphatic carbocycles. The minimum atomic E-state index is -0.137. The van der Waals surface area contributed by atoms with Crippen molar-refractivity contribution in [2.45, 2.75) is 78.1 Å². The summed E-state index contributed by atoms with van der Waals surface area (Å²) < 4.78 is 0. The van der Waals surface area contributed by atoms with Crippen molar-refractivity contribution in [3.8, 4) is 0 Å². The molecule has 0 saturated heterocycles. The second-order valence-electron chi connectivity index (χ2n) is 8.25. The lowest BCUT2D eigenvalue weighted by molar-refractivity contribution is -0.119. The Kier molecular flexibility index (Phi) is 17.6. The zero-order valence-corrected chi connectivity index (χ0v) is 21.0. The number of pyridine rings is 1. The second-order valence-corrected chi connectivity index (χ2v) is 8.25. The van der Waals surface area contributed by atoms with Gasteiger partial charge >= 0.3 is 0 Å². The first-order valence-electron chi connectivity index (χ1n) is 12.6. The summed E-state index contributed by atoms with van der Waals surface area (Å²) in [6.07, 6.45) is 33.8. The Bertz CT molecular complexity index is 847. The van der Waals surface area contributed by atoms with Crippen LogP contribution in [0.4, 0.5) is 0 Å². The number of ketones is 1. The van der Waals surface area contributed by atoms with Gasteiger partial charge in [-0.05, 0) is 69.9 Å². The number of aryl methyl sites for hydroxylation is 1. The highest BCUT2D eigenvalue weighted by Gasteiger charge is 2.06. The molecule has 0 atom stereocenters. The molecule has 0 bridgehead atoms. The van der Waals surface area contributed by atoms with Gasteiger partial charge in [0.2, 0.25) is 0 Å². The number of carbonyl (C=O) groups excluding carboxylic acids is 2. The van der Waals surface area contributed by atoms with E-state index in [-0.39, 0.29) is 11.7 Å². The maximum atomic E-state index is 12.0. The number of hydrogen-bond donors (Lipinski definition) is 1. The summed E-state index contributed by atoms with van der Waals surface area (Å²) in [5.74, 6) is 0.126. The van der Waals surface area contributed by atoms with Crippen molar-refractivity contribution >= 4 is 11.7 Å². The number of nitrogens with zero attached hydrogens (tertiary/aromatic N) is 1. The van der Waals surface area contributed by atoms with E-state index in [1.165, 1.54) is 0 Å². The Morgan fingerprint density at radius 2 is 1.35 bits per heavy atom. The molecule has 4 heteroatoms. The van der Waals surface area contributed by atoms with E-state index in [0.717, 1.165) is 50.5 Å². The molecule has 1 amide bonds. The first kappa shape index (κ1) is 29.0. The Labute approximate surface area is 206 Å². The SMILES string of the molecule is CC/C=C\C/C=C\C/C=C\C/C=C\C/C=C\CCCC(=O)CCCNC(=O)c1cncc(C)c1. The molecule has 34 heavy (non-hydrogen) atoms. The van der Waals surface area contributed by atoms with Crippen molar-refractivity contribution in [2.75, 3.05) is 6.54 Å². The lowest BCUT2D eigenvalue weighted by Gasteiger charge is -2.05. The highest BCUT2D eigenvalue weighted by Crippen LogP contribution is 2.04. The van der Waals surface area contributed by atoms with E-state index in [1.54, 1.807) is 12.4 Å². The molecule has 0 aromatic carbocycles. The highest BCUT2D eigenvalue weighted by molar-refractivity contribution is 5.94. The fourth-order valence-corrected chi connectivity index (χ4v) is 3.18. The number of Topliss-reactive ketones (excluding diaryl/α,β-unsaturated/α-hetero) is 1. The van der Waals surface area contributed by atoms with Crippen LogP contribution in [0.15, 0.2) is 79.2 Å². The Balaban J connectivity index is 1.98. The van der Waals surface area contributed by atoms with Gasteiger partial charge in [-0.1, -0.05) is 67.7 Å². The summed E-state index contributed by atoms with van der Waals surface area (Å²) in [6, 6.07) is 1.81. The lowest BCUT2D eigenvalue weighted by atomic mass is 10.1.